The number of hydrogen-bond acceptors (Lipinski definition) is 3. The molecule has 3 aromatic rings. The highest BCUT2D eigenvalue weighted by Crippen LogP contribution is 2.24. The lowest BCUT2D eigenvalue weighted by Crippen LogP contribution is -2.37. The number of aryl methyl sites for hydroxylation is 2. The van der Waals surface area contributed by atoms with Crippen LogP contribution in [0.1, 0.15) is 28.4 Å². The highest BCUT2D eigenvalue weighted by atomic mass is 32.1. The van der Waals surface area contributed by atoms with Gasteiger partial charge in [0.15, 0.2) is 6.10 Å². The predicted octanol–water partition coefficient (Wildman–Crippen LogP) is 4.67. The lowest BCUT2D eigenvalue weighted by molar-refractivity contribution is -0.126. The topological polar surface area (TPSA) is 40.5 Å². The summed E-state index contributed by atoms with van der Waals surface area (Å²) < 4.78 is 0. The molecule has 0 radical (unpaired) electrons. The van der Waals surface area contributed by atoms with E-state index in [1.165, 1.54) is 11.1 Å². The van der Waals surface area contributed by atoms with Crippen molar-refractivity contribution in [1.82, 2.24) is 0 Å². The zero-order valence-corrected chi connectivity index (χ0v) is 15.9. The molecule has 1 aromatic heterocycles. The number of thiophene rings is 1. The van der Waals surface area contributed by atoms with Crippen LogP contribution in [0.2, 0.25) is 0 Å². The van der Waals surface area contributed by atoms with E-state index in [9.17, 15) is 9.90 Å². The molecule has 1 atom stereocenters. The lowest BCUT2D eigenvalue weighted by atomic mass is 10.1. The van der Waals surface area contributed by atoms with Crippen LogP contribution in [0.5, 0.6) is 0 Å². The average molecular weight is 365 g/mol. The largest absolute Gasteiger partial charge is 0.378 e. The monoisotopic (exact) mass is 365 g/mol. The van der Waals surface area contributed by atoms with Gasteiger partial charge in [-0.05, 0) is 71.5 Å². The van der Waals surface area contributed by atoms with Gasteiger partial charge in [0.2, 0.25) is 0 Å². The van der Waals surface area contributed by atoms with E-state index in [4.69, 9.17) is 0 Å². The second-order valence-corrected chi connectivity index (χ2v) is 7.23. The Hall–Kier alpha value is -2.43. The van der Waals surface area contributed by atoms with Crippen molar-refractivity contribution in [1.29, 1.82) is 0 Å². The molecule has 1 N–H and O–H groups in total. The van der Waals surface area contributed by atoms with Gasteiger partial charge in [-0.1, -0.05) is 36.4 Å². The normalized spacial score (nSPS) is 12.0. The maximum atomic E-state index is 13.1. The molecule has 0 spiro atoms. The Morgan fingerprint density at radius 3 is 2.50 bits per heavy atom. The van der Waals surface area contributed by atoms with Gasteiger partial charge in [0.25, 0.3) is 5.91 Å². The van der Waals surface area contributed by atoms with Crippen LogP contribution in [0, 0.1) is 13.8 Å². The van der Waals surface area contributed by atoms with Crippen molar-refractivity contribution in [2.45, 2.75) is 26.4 Å². The van der Waals surface area contributed by atoms with Crippen LogP contribution < -0.4 is 4.90 Å². The number of aliphatic hydroxyl groups is 1. The number of carbonyl (C=O) groups is 1. The lowest BCUT2D eigenvalue weighted by Gasteiger charge is -2.26. The van der Waals surface area contributed by atoms with Crippen LogP contribution in [0.3, 0.4) is 0 Å². The summed E-state index contributed by atoms with van der Waals surface area (Å²) in [6.45, 7) is 4.62. The number of benzene rings is 2. The molecule has 3 nitrogen and oxygen atoms in total. The maximum Gasteiger partial charge on any atom is 0.260 e. The summed E-state index contributed by atoms with van der Waals surface area (Å²) in [6.07, 6.45) is -0.413. The number of rotatable bonds is 6. The number of carbonyl (C=O) groups excluding carboxylic acids is 1. The molecule has 0 bridgehead atoms. The predicted molar refractivity (Wildman–Crippen MR) is 108 cm³/mol. The standard InChI is InChI=1S/C22H23NO2S/c1-16-8-9-20(14-17(16)2)23(12-10-18-11-13-26-15-18)22(25)21(24)19-6-4-3-5-7-19/h3-9,11,13-15,21,24H,10,12H2,1-2H3. The fourth-order valence-electron chi connectivity index (χ4n) is 2.86. The Labute approximate surface area is 158 Å². The number of hydrogen-bond donors (Lipinski definition) is 1. The Morgan fingerprint density at radius 2 is 1.85 bits per heavy atom. The van der Waals surface area contributed by atoms with Crippen molar-refractivity contribution in [2.24, 2.45) is 0 Å². The van der Waals surface area contributed by atoms with Crippen LogP contribution in [-0.2, 0) is 11.2 Å². The van der Waals surface area contributed by atoms with Crippen LogP contribution in [0.15, 0.2) is 65.4 Å². The van der Waals surface area contributed by atoms with Gasteiger partial charge in [0.1, 0.15) is 0 Å². The third kappa shape index (κ3) is 4.21. The van der Waals surface area contributed by atoms with Gasteiger partial charge in [-0.25, -0.2) is 0 Å². The van der Waals surface area contributed by atoms with E-state index in [1.807, 2.05) is 48.7 Å². The van der Waals surface area contributed by atoms with E-state index >= 15 is 0 Å². The second kappa shape index (κ2) is 8.30. The summed E-state index contributed by atoms with van der Waals surface area (Å²) >= 11 is 1.65. The van der Waals surface area contributed by atoms with Gasteiger partial charge in [-0.2, -0.15) is 11.3 Å². The molecule has 134 valence electrons. The van der Waals surface area contributed by atoms with Gasteiger partial charge in [0.05, 0.1) is 0 Å². The molecular weight excluding hydrogens is 342 g/mol. The molecule has 26 heavy (non-hydrogen) atoms. The van der Waals surface area contributed by atoms with Gasteiger partial charge in [-0.3, -0.25) is 4.79 Å². The Kier molecular flexibility index (Phi) is 5.86. The molecule has 3 rings (SSSR count). The van der Waals surface area contributed by atoms with Crippen molar-refractivity contribution in [3.8, 4) is 0 Å². The van der Waals surface area contributed by atoms with E-state index in [0.717, 1.165) is 17.7 Å². The minimum absolute atomic E-state index is 0.297. The summed E-state index contributed by atoms with van der Waals surface area (Å²) in [7, 11) is 0. The number of nitrogens with zero attached hydrogens (tertiary/aromatic N) is 1. The van der Waals surface area contributed by atoms with E-state index in [1.54, 1.807) is 28.4 Å². The van der Waals surface area contributed by atoms with Crippen molar-refractivity contribution in [3.63, 3.8) is 0 Å². The Bertz CT molecular complexity index is 859. The van der Waals surface area contributed by atoms with Gasteiger partial charge >= 0.3 is 0 Å². The molecule has 0 aliphatic rings. The third-order valence-corrected chi connectivity index (χ3v) is 5.35. The molecule has 0 saturated carbocycles. The van der Waals surface area contributed by atoms with Gasteiger partial charge < -0.3 is 10.0 Å². The molecule has 1 amide bonds. The molecular formula is C22H23NO2S. The molecule has 2 aromatic carbocycles. The zero-order chi connectivity index (χ0) is 18.5. The SMILES string of the molecule is Cc1ccc(N(CCc2ccsc2)C(=O)C(O)c2ccccc2)cc1C. The average Bonchev–Trinajstić information content (AvgIpc) is 3.18. The number of aliphatic hydroxyl groups excluding tert-OH is 1. The van der Waals surface area contributed by atoms with Crippen LogP contribution in [-0.4, -0.2) is 17.6 Å². The van der Waals surface area contributed by atoms with Crippen LogP contribution in [0.4, 0.5) is 5.69 Å². The van der Waals surface area contributed by atoms with E-state index in [0.29, 0.717) is 12.1 Å². The molecule has 1 unspecified atom stereocenters. The summed E-state index contributed by atoms with van der Waals surface area (Å²) in [4.78, 5) is 14.8. The smallest absolute Gasteiger partial charge is 0.260 e. The zero-order valence-electron chi connectivity index (χ0n) is 15.1. The molecule has 0 saturated heterocycles. The highest BCUT2D eigenvalue weighted by Gasteiger charge is 2.25. The molecule has 0 aliphatic carbocycles. The summed E-state index contributed by atoms with van der Waals surface area (Å²) in [5.41, 5.74) is 4.95. The molecule has 0 fully saturated rings. The summed E-state index contributed by atoms with van der Waals surface area (Å²) in [6, 6.07) is 17.1. The first-order valence-electron chi connectivity index (χ1n) is 8.69. The van der Waals surface area contributed by atoms with Gasteiger partial charge in [0, 0.05) is 12.2 Å². The van der Waals surface area contributed by atoms with E-state index in [-0.39, 0.29) is 5.91 Å². The van der Waals surface area contributed by atoms with Crippen LogP contribution in [0.25, 0.3) is 0 Å². The summed E-state index contributed by atoms with van der Waals surface area (Å²) in [5.74, 6) is -0.297. The van der Waals surface area contributed by atoms with Gasteiger partial charge in [-0.15, -0.1) is 0 Å². The molecule has 1 heterocycles. The van der Waals surface area contributed by atoms with Crippen molar-refractivity contribution in [3.05, 3.63) is 87.6 Å². The number of anilines is 1. The summed E-state index contributed by atoms with van der Waals surface area (Å²) in [5, 5.41) is 14.7. The fourth-order valence-corrected chi connectivity index (χ4v) is 3.56. The molecule has 4 heteroatoms. The van der Waals surface area contributed by atoms with E-state index < -0.39 is 6.10 Å². The maximum absolute atomic E-state index is 13.1. The van der Waals surface area contributed by atoms with Crippen molar-refractivity contribution in [2.75, 3.05) is 11.4 Å². The number of amides is 1. The first-order chi connectivity index (χ1) is 12.6. The Morgan fingerprint density at radius 1 is 1.08 bits per heavy atom. The quantitative estimate of drug-likeness (QED) is 0.689. The highest BCUT2D eigenvalue weighted by molar-refractivity contribution is 7.07. The van der Waals surface area contributed by atoms with Crippen molar-refractivity contribution < 1.29 is 9.90 Å². The third-order valence-electron chi connectivity index (χ3n) is 4.62. The first kappa shape index (κ1) is 18.4. The van der Waals surface area contributed by atoms with Crippen LogP contribution >= 0.6 is 11.3 Å². The van der Waals surface area contributed by atoms with E-state index in [2.05, 4.69) is 18.4 Å². The fraction of sp³-hybridized carbons (Fsp3) is 0.227. The molecule has 0 aliphatic heterocycles. The minimum Gasteiger partial charge on any atom is -0.378 e. The van der Waals surface area contributed by atoms with Crippen molar-refractivity contribution >= 4 is 22.9 Å². The second-order valence-electron chi connectivity index (χ2n) is 6.45. The minimum atomic E-state index is -1.17. The first-order valence-corrected chi connectivity index (χ1v) is 9.63. The Balaban J connectivity index is 1.88.